The lowest BCUT2D eigenvalue weighted by atomic mass is 10.1. The zero-order valence-corrected chi connectivity index (χ0v) is 13.6. The topological polar surface area (TPSA) is 89.7 Å². The van der Waals surface area contributed by atoms with Gasteiger partial charge in [-0.25, -0.2) is 13.6 Å². The number of carbonyl (C=O) groups is 1. The van der Waals surface area contributed by atoms with E-state index in [4.69, 9.17) is 9.88 Å². The molecule has 0 aliphatic rings. The second-order valence-electron chi connectivity index (χ2n) is 4.97. The number of methoxy groups -OCH3 is 1. The van der Waals surface area contributed by atoms with E-state index < -0.39 is 10.0 Å². The summed E-state index contributed by atoms with van der Waals surface area (Å²) in [6.45, 7) is 6.35. The van der Waals surface area contributed by atoms with Gasteiger partial charge in [-0.05, 0) is 39.0 Å². The van der Waals surface area contributed by atoms with E-state index in [0.29, 0.717) is 17.9 Å². The third-order valence-electron chi connectivity index (χ3n) is 3.21. The van der Waals surface area contributed by atoms with Gasteiger partial charge in [0.05, 0.1) is 18.4 Å². The fourth-order valence-corrected chi connectivity index (χ4v) is 2.73. The molecule has 0 radical (unpaired) electrons. The second kappa shape index (κ2) is 6.91. The van der Waals surface area contributed by atoms with E-state index in [-0.39, 0.29) is 23.3 Å². The number of amides is 1. The first-order chi connectivity index (χ1) is 9.70. The number of nitrogens with two attached hydrogens (primary N) is 1. The van der Waals surface area contributed by atoms with Gasteiger partial charge in [0.1, 0.15) is 5.75 Å². The van der Waals surface area contributed by atoms with E-state index in [9.17, 15) is 13.2 Å². The molecule has 0 atom stereocenters. The van der Waals surface area contributed by atoms with Crippen molar-refractivity contribution in [3.05, 3.63) is 23.8 Å². The molecule has 21 heavy (non-hydrogen) atoms. The highest BCUT2D eigenvalue weighted by atomic mass is 32.2. The van der Waals surface area contributed by atoms with Crippen LogP contribution in [0.2, 0.25) is 0 Å². The summed E-state index contributed by atoms with van der Waals surface area (Å²) >= 11 is 0. The highest BCUT2D eigenvalue weighted by Crippen LogP contribution is 2.23. The van der Waals surface area contributed by atoms with Gasteiger partial charge in [0, 0.05) is 18.2 Å². The van der Waals surface area contributed by atoms with Gasteiger partial charge in [0.15, 0.2) is 0 Å². The van der Waals surface area contributed by atoms with Gasteiger partial charge in [0.2, 0.25) is 15.9 Å². The molecule has 118 valence electrons. The maximum absolute atomic E-state index is 12.3. The normalized spacial score (nSPS) is 11.5. The third kappa shape index (κ3) is 4.44. The van der Waals surface area contributed by atoms with Gasteiger partial charge in [-0.2, -0.15) is 0 Å². The van der Waals surface area contributed by atoms with Gasteiger partial charge in [-0.1, -0.05) is 0 Å². The van der Waals surface area contributed by atoms with Crippen molar-refractivity contribution in [3.63, 3.8) is 0 Å². The van der Waals surface area contributed by atoms with E-state index in [1.165, 1.54) is 25.3 Å². The van der Waals surface area contributed by atoms with Crippen molar-refractivity contribution >= 4 is 15.9 Å². The van der Waals surface area contributed by atoms with Crippen molar-refractivity contribution in [2.45, 2.75) is 38.1 Å². The van der Waals surface area contributed by atoms with Crippen molar-refractivity contribution in [1.82, 2.24) is 4.90 Å². The number of nitrogens with zero attached hydrogens (tertiary/aromatic N) is 1. The Morgan fingerprint density at radius 2 is 2.00 bits per heavy atom. The number of rotatable bonds is 6. The zero-order chi connectivity index (χ0) is 16.2. The summed E-state index contributed by atoms with van der Waals surface area (Å²) in [5, 5.41) is 5.12. The largest absolute Gasteiger partial charge is 0.496 e. The number of hydrogen-bond donors (Lipinski definition) is 1. The van der Waals surface area contributed by atoms with Crippen LogP contribution in [0.4, 0.5) is 0 Å². The summed E-state index contributed by atoms with van der Waals surface area (Å²) in [6.07, 6.45) is 0.0680. The lowest BCUT2D eigenvalue weighted by Crippen LogP contribution is -2.37. The molecule has 0 bridgehead atoms. The monoisotopic (exact) mass is 314 g/mol. The highest BCUT2D eigenvalue weighted by molar-refractivity contribution is 7.89. The van der Waals surface area contributed by atoms with E-state index in [1.807, 2.05) is 20.8 Å². The van der Waals surface area contributed by atoms with Crippen LogP contribution < -0.4 is 9.88 Å². The van der Waals surface area contributed by atoms with Crippen LogP contribution in [0.1, 0.15) is 26.3 Å². The Bertz CT molecular complexity index is 611. The van der Waals surface area contributed by atoms with E-state index >= 15 is 0 Å². The van der Waals surface area contributed by atoms with Gasteiger partial charge in [0.25, 0.3) is 0 Å². The molecule has 0 spiro atoms. The first-order valence-electron chi connectivity index (χ1n) is 6.69. The molecule has 0 fully saturated rings. The van der Waals surface area contributed by atoms with Crippen LogP contribution in [-0.2, 0) is 21.2 Å². The van der Waals surface area contributed by atoms with E-state index in [2.05, 4.69) is 0 Å². The molecule has 1 aromatic rings. The third-order valence-corrected chi connectivity index (χ3v) is 4.12. The molecule has 1 amide bonds. The molecule has 0 saturated heterocycles. The Morgan fingerprint density at radius 3 is 2.43 bits per heavy atom. The average Bonchev–Trinajstić information content (AvgIpc) is 2.37. The summed E-state index contributed by atoms with van der Waals surface area (Å²) in [7, 11) is -2.34. The average molecular weight is 314 g/mol. The number of benzene rings is 1. The first-order valence-corrected chi connectivity index (χ1v) is 8.24. The number of sulfonamides is 1. The second-order valence-corrected chi connectivity index (χ2v) is 6.53. The van der Waals surface area contributed by atoms with Crippen molar-refractivity contribution in [3.8, 4) is 5.75 Å². The number of carbonyl (C=O) groups excluding carboxylic acids is 1. The molecule has 6 nitrogen and oxygen atoms in total. The van der Waals surface area contributed by atoms with Crippen molar-refractivity contribution < 1.29 is 17.9 Å². The van der Waals surface area contributed by atoms with Crippen LogP contribution in [-0.4, -0.2) is 38.9 Å². The minimum absolute atomic E-state index is 0.0290. The minimum atomic E-state index is -3.81. The number of hydrogen-bond acceptors (Lipinski definition) is 4. The Balaban J connectivity index is 3.14. The molecular formula is C14H22N2O4S. The van der Waals surface area contributed by atoms with Gasteiger partial charge >= 0.3 is 0 Å². The van der Waals surface area contributed by atoms with Crippen molar-refractivity contribution in [2.75, 3.05) is 13.7 Å². The predicted octanol–water partition coefficient (Wildman–Crippen LogP) is 1.14. The summed E-state index contributed by atoms with van der Waals surface area (Å²) in [4.78, 5) is 14.0. The Morgan fingerprint density at radius 1 is 1.38 bits per heavy atom. The standard InChI is InChI=1S/C14H22N2O4S/c1-5-16(10(2)3)14(17)9-11-8-12(21(15,18)19)6-7-13(11)20-4/h6-8,10H,5,9H2,1-4H3,(H2,15,18,19). The molecular weight excluding hydrogens is 292 g/mol. The van der Waals surface area contributed by atoms with Crippen LogP contribution in [0.5, 0.6) is 5.75 Å². The molecule has 0 saturated carbocycles. The molecule has 0 unspecified atom stereocenters. The molecule has 1 rings (SSSR count). The molecule has 0 heterocycles. The Labute approximate surface area is 125 Å². The van der Waals surface area contributed by atoms with Crippen LogP contribution in [0, 0.1) is 0 Å². The molecule has 0 aliphatic carbocycles. The number of likely N-dealkylation sites (N-methyl/N-ethyl adjacent to an activating group) is 1. The highest BCUT2D eigenvalue weighted by Gasteiger charge is 2.19. The van der Waals surface area contributed by atoms with Crippen LogP contribution >= 0.6 is 0 Å². The van der Waals surface area contributed by atoms with E-state index in [1.54, 1.807) is 4.90 Å². The van der Waals surface area contributed by atoms with Gasteiger partial charge in [-0.15, -0.1) is 0 Å². The van der Waals surface area contributed by atoms with Gasteiger partial charge in [-0.3, -0.25) is 4.79 Å². The molecule has 0 aliphatic heterocycles. The fraction of sp³-hybridized carbons (Fsp3) is 0.500. The van der Waals surface area contributed by atoms with Crippen LogP contribution in [0.25, 0.3) is 0 Å². The Kier molecular flexibility index (Phi) is 5.74. The molecule has 7 heteroatoms. The van der Waals surface area contributed by atoms with Crippen LogP contribution in [0.15, 0.2) is 23.1 Å². The Hall–Kier alpha value is -1.60. The summed E-state index contributed by atoms with van der Waals surface area (Å²) < 4.78 is 28.0. The van der Waals surface area contributed by atoms with Crippen molar-refractivity contribution in [1.29, 1.82) is 0 Å². The maximum Gasteiger partial charge on any atom is 0.238 e. The summed E-state index contributed by atoms with van der Waals surface area (Å²) in [5.41, 5.74) is 0.508. The van der Waals surface area contributed by atoms with Crippen molar-refractivity contribution in [2.24, 2.45) is 5.14 Å². The van der Waals surface area contributed by atoms with Crippen LogP contribution in [0.3, 0.4) is 0 Å². The quantitative estimate of drug-likeness (QED) is 0.852. The molecule has 2 N–H and O–H groups in total. The number of ether oxygens (including phenoxy) is 1. The molecule has 1 aromatic carbocycles. The zero-order valence-electron chi connectivity index (χ0n) is 12.8. The fourth-order valence-electron chi connectivity index (χ4n) is 2.16. The lowest BCUT2D eigenvalue weighted by molar-refractivity contribution is -0.131. The number of primary sulfonamides is 1. The predicted molar refractivity (Wildman–Crippen MR) is 80.6 cm³/mol. The first kappa shape index (κ1) is 17.5. The van der Waals surface area contributed by atoms with Gasteiger partial charge < -0.3 is 9.64 Å². The minimum Gasteiger partial charge on any atom is -0.496 e. The smallest absolute Gasteiger partial charge is 0.238 e. The lowest BCUT2D eigenvalue weighted by Gasteiger charge is -2.25. The summed E-state index contributed by atoms with van der Waals surface area (Å²) in [5.74, 6) is 0.382. The van der Waals surface area contributed by atoms with E-state index in [0.717, 1.165) is 0 Å². The summed E-state index contributed by atoms with van der Waals surface area (Å²) in [6, 6.07) is 4.34. The SMILES string of the molecule is CCN(C(=O)Cc1cc(S(N)(=O)=O)ccc1OC)C(C)C. The maximum atomic E-state index is 12.3. The molecule has 0 aromatic heterocycles.